The molecule has 6 heteroatoms. The van der Waals surface area contributed by atoms with Crippen molar-refractivity contribution in [2.75, 3.05) is 24.6 Å². The number of carbonyl (C=O) groups is 1. The topological polar surface area (TPSA) is 68.5 Å². The molecule has 0 saturated carbocycles. The zero-order valence-corrected chi connectivity index (χ0v) is 13.5. The highest BCUT2D eigenvalue weighted by atomic mass is 79.9. The van der Waals surface area contributed by atoms with E-state index < -0.39 is 5.91 Å². The van der Waals surface area contributed by atoms with Crippen molar-refractivity contribution in [2.24, 2.45) is 5.73 Å². The monoisotopic (exact) mass is 361 g/mol. The molecule has 0 aliphatic carbocycles. The molecule has 2 aromatic rings. The molecule has 2 heterocycles. The van der Waals surface area contributed by atoms with Gasteiger partial charge in [0.2, 0.25) is 0 Å². The molecule has 0 spiro atoms. The van der Waals surface area contributed by atoms with Gasteiger partial charge < -0.3 is 15.4 Å². The second kappa shape index (κ2) is 6.46. The Morgan fingerprint density at radius 3 is 2.82 bits per heavy atom. The van der Waals surface area contributed by atoms with Crippen LogP contribution in [0.3, 0.4) is 0 Å². The fourth-order valence-corrected chi connectivity index (χ4v) is 2.86. The number of amides is 1. The van der Waals surface area contributed by atoms with Crippen molar-refractivity contribution < 1.29 is 9.53 Å². The van der Waals surface area contributed by atoms with E-state index in [2.05, 4.69) is 25.8 Å². The fourth-order valence-electron chi connectivity index (χ4n) is 2.60. The molecule has 1 saturated heterocycles. The molecule has 1 fully saturated rings. The van der Waals surface area contributed by atoms with Crippen molar-refractivity contribution >= 4 is 27.5 Å². The van der Waals surface area contributed by atoms with Crippen molar-refractivity contribution in [3.05, 3.63) is 58.3 Å². The maximum atomic E-state index is 11.6. The first kappa shape index (κ1) is 15.0. The Morgan fingerprint density at radius 1 is 1.32 bits per heavy atom. The van der Waals surface area contributed by atoms with Crippen LogP contribution in [0.15, 0.2) is 47.2 Å². The molecular weight excluding hydrogens is 346 g/mol. The van der Waals surface area contributed by atoms with Crippen LogP contribution >= 0.6 is 15.9 Å². The van der Waals surface area contributed by atoms with Gasteiger partial charge in [0.1, 0.15) is 6.10 Å². The summed E-state index contributed by atoms with van der Waals surface area (Å²) in [7, 11) is 0. The molecule has 0 bridgehead atoms. The van der Waals surface area contributed by atoms with Gasteiger partial charge in [0.15, 0.2) is 0 Å². The highest BCUT2D eigenvalue weighted by molar-refractivity contribution is 9.10. The van der Waals surface area contributed by atoms with Crippen LogP contribution in [0.5, 0.6) is 0 Å². The smallest absolute Gasteiger partial charge is 0.252 e. The molecule has 5 nitrogen and oxygen atoms in total. The van der Waals surface area contributed by atoms with Crippen LogP contribution in [0, 0.1) is 0 Å². The Kier molecular flexibility index (Phi) is 4.40. The third-order valence-corrected chi connectivity index (χ3v) is 4.24. The minimum absolute atomic E-state index is 0.0317. The van der Waals surface area contributed by atoms with Crippen LogP contribution < -0.4 is 10.6 Å². The van der Waals surface area contributed by atoms with Gasteiger partial charge in [0.05, 0.1) is 17.9 Å². The average Bonchev–Trinajstić information content (AvgIpc) is 2.55. The highest BCUT2D eigenvalue weighted by Gasteiger charge is 2.24. The van der Waals surface area contributed by atoms with Gasteiger partial charge in [0.25, 0.3) is 5.91 Å². The summed E-state index contributed by atoms with van der Waals surface area (Å²) < 4.78 is 6.90. The van der Waals surface area contributed by atoms with Crippen LogP contribution in [-0.4, -0.2) is 30.6 Å². The first-order valence-electron chi connectivity index (χ1n) is 7.01. The van der Waals surface area contributed by atoms with E-state index in [-0.39, 0.29) is 6.10 Å². The molecule has 1 amide bonds. The number of carbonyl (C=O) groups excluding carboxylic acids is 1. The zero-order valence-electron chi connectivity index (χ0n) is 11.9. The van der Waals surface area contributed by atoms with E-state index in [1.807, 2.05) is 30.3 Å². The van der Waals surface area contributed by atoms with Crippen LogP contribution in [0.2, 0.25) is 0 Å². The van der Waals surface area contributed by atoms with Crippen LogP contribution in [0.1, 0.15) is 22.0 Å². The maximum absolute atomic E-state index is 11.6. The summed E-state index contributed by atoms with van der Waals surface area (Å²) in [5.41, 5.74) is 7.81. The molecular formula is C16H16BrN3O2. The Bertz CT molecular complexity index is 675. The Hall–Kier alpha value is -1.92. The van der Waals surface area contributed by atoms with Crippen LogP contribution in [-0.2, 0) is 4.74 Å². The summed E-state index contributed by atoms with van der Waals surface area (Å²) in [5.74, 6) is -0.463. The predicted molar refractivity (Wildman–Crippen MR) is 87.8 cm³/mol. The first-order valence-corrected chi connectivity index (χ1v) is 7.80. The number of nitrogens with zero attached hydrogens (tertiary/aromatic N) is 2. The van der Waals surface area contributed by atoms with E-state index in [9.17, 15) is 4.79 Å². The van der Waals surface area contributed by atoms with E-state index in [0.717, 1.165) is 22.3 Å². The van der Waals surface area contributed by atoms with Gasteiger partial charge in [0, 0.05) is 30.0 Å². The van der Waals surface area contributed by atoms with Crippen molar-refractivity contribution in [3.8, 4) is 0 Å². The summed E-state index contributed by atoms with van der Waals surface area (Å²) in [6, 6.07) is 9.90. The number of hydrogen-bond acceptors (Lipinski definition) is 4. The van der Waals surface area contributed by atoms with Gasteiger partial charge in [-0.1, -0.05) is 28.1 Å². The van der Waals surface area contributed by atoms with Crippen molar-refractivity contribution in [1.82, 2.24) is 4.98 Å². The van der Waals surface area contributed by atoms with E-state index in [4.69, 9.17) is 10.5 Å². The Labute approximate surface area is 137 Å². The number of hydrogen-bond donors (Lipinski definition) is 1. The van der Waals surface area contributed by atoms with E-state index >= 15 is 0 Å². The van der Waals surface area contributed by atoms with Gasteiger partial charge in [-0.25, -0.2) is 0 Å². The van der Waals surface area contributed by atoms with Crippen LogP contribution in [0.25, 0.3) is 0 Å². The van der Waals surface area contributed by atoms with Gasteiger partial charge in [-0.2, -0.15) is 0 Å². The van der Waals surface area contributed by atoms with Gasteiger partial charge in [-0.15, -0.1) is 0 Å². The third kappa shape index (κ3) is 3.13. The number of pyridine rings is 1. The predicted octanol–water partition coefficient (Wildman–Crippen LogP) is 2.52. The summed E-state index contributed by atoms with van der Waals surface area (Å²) >= 11 is 3.43. The standard InChI is InChI=1S/C16H16BrN3O2/c17-12-3-1-11(2-4-12)15-10-20(7-8-22-15)14-5-6-19-9-13(14)16(18)21/h1-6,9,15H,7-8,10H2,(H2,18,21). The number of ether oxygens (including phenoxy) is 1. The summed E-state index contributed by atoms with van der Waals surface area (Å²) in [4.78, 5) is 17.7. The molecule has 3 rings (SSSR count). The van der Waals surface area contributed by atoms with Crippen molar-refractivity contribution in [1.29, 1.82) is 0 Å². The second-order valence-corrected chi connectivity index (χ2v) is 6.03. The molecule has 114 valence electrons. The quantitative estimate of drug-likeness (QED) is 0.911. The maximum Gasteiger partial charge on any atom is 0.252 e. The lowest BCUT2D eigenvalue weighted by Crippen LogP contribution is -2.39. The average molecular weight is 362 g/mol. The lowest BCUT2D eigenvalue weighted by Gasteiger charge is -2.35. The number of primary amides is 1. The summed E-state index contributed by atoms with van der Waals surface area (Å²) in [6.45, 7) is 1.99. The minimum Gasteiger partial charge on any atom is -0.370 e. The van der Waals surface area contributed by atoms with Gasteiger partial charge >= 0.3 is 0 Å². The molecule has 1 aromatic heterocycles. The minimum atomic E-state index is -0.463. The second-order valence-electron chi connectivity index (χ2n) is 5.11. The molecule has 1 unspecified atom stereocenters. The van der Waals surface area contributed by atoms with Crippen molar-refractivity contribution in [3.63, 3.8) is 0 Å². The normalized spacial score (nSPS) is 18.2. The Balaban J connectivity index is 1.84. The number of halogens is 1. The fraction of sp³-hybridized carbons (Fsp3) is 0.250. The van der Waals surface area contributed by atoms with Crippen molar-refractivity contribution in [2.45, 2.75) is 6.10 Å². The number of benzene rings is 1. The van der Waals surface area contributed by atoms with E-state index in [0.29, 0.717) is 18.7 Å². The number of rotatable bonds is 3. The number of nitrogens with two attached hydrogens (primary N) is 1. The SMILES string of the molecule is NC(=O)c1cnccc1N1CCOC(c2ccc(Br)cc2)C1. The van der Waals surface area contributed by atoms with Gasteiger partial charge in [-0.05, 0) is 23.8 Å². The first-order chi connectivity index (χ1) is 10.6. The largest absolute Gasteiger partial charge is 0.370 e. The Morgan fingerprint density at radius 2 is 2.09 bits per heavy atom. The third-order valence-electron chi connectivity index (χ3n) is 3.71. The lowest BCUT2D eigenvalue weighted by atomic mass is 10.1. The number of morpholine rings is 1. The number of anilines is 1. The molecule has 22 heavy (non-hydrogen) atoms. The summed E-state index contributed by atoms with van der Waals surface area (Å²) in [6.07, 6.45) is 3.16. The van der Waals surface area contributed by atoms with Gasteiger partial charge in [-0.3, -0.25) is 9.78 Å². The molecule has 2 N–H and O–H groups in total. The molecule has 1 aliphatic heterocycles. The zero-order chi connectivity index (χ0) is 15.5. The molecule has 1 atom stereocenters. The molecule has 1 aromatic carbocycles. The lowest BCUT2D eigenvalue weighted by molar-refractivity contribution is 0.0397. The van der Waals surface area contributed by atoms with Crippen LogP contribution in [0.4, 0.5) is 5.69 Å². The number of aromatic nitrogens is 1. The molecule has 1 aliphatic rings. The highest BCUT2D eigenvalue weighted by Crippen LogP contribution is 2.28. The van der Waals surface area contributed by atoms with E-state index in [1.165, 1.54) is 6.20 Å². The van der Waals surface area contributed by atoms with E-state index in [1.54, 1.807) is 6.20 Å². The summed E-state index contributed by atoms with van der Waals surface area (Å²) in [5, 5.41) is 0. The molecule has 0 radical (unpaired) electrons.